The monoisotopic (exact) mass is 360 g/mol. The second-order valence-electron chi connectivity index (χ2n) is 4.84. The first kappa shape index (κ1) is 15.9. The van der Waals surface area contributed by atoms with Crippen LogP contribution in [0.4, 0.5) is 0 Å². The van der Waals surface area contributed by atoms with Crippen LogP contribution in [0, 0.1) is 6.92 Å². The Kier molecular flexibility index (Phi) is 4.61. The van der Waals surface area contributed by atoms with Gasteiger partial charge in [0.2, 0.25) is 0 Å². The van der Waals surface area contributed by atoms with E-state index < -0.39 is 0 Å². The van der Waals surface area contributed by atoms with Crippen LogP contribution < -0.4 is 5.43 Å². The van der Waals surface area contributed by atoms with Crippen LogP contribution >= 0.6 is 35.3 Å². The molecule has 0 atom stereocenters. The van der Waals surface area contributed by atoms with Gasteiger partial charge in [0.1, 0.15) is 0 Å². The highest BCUT2D eigenvalue weighted by atomic mass is 32.2. The zero-order valence-corrected chi connectivity index (χ0v) is 14.6. The number of amides is 2. The first-order valence-corrected chi connectivity index (χ1v) is 8.84. The fourth-order valence-corrected chi connectivity index (χ4v) is 3.84. The van der Waals surface area contributed by atoms with Crippen LogP contribution in [0.15, 0.2) is 46.7 Å². The van der Waals surface area contributed by atoms with Crippen molar-refractivity contribution >= 4 is 57.5 Å². The van der Waals surface area contributed by atoms with Gasteiger partial charge in [-0.05, 0) is 48.8 Å². The van der Waals surface area contributed by atoms with Gasteiger partial charge in [-0.2, -0.15) is 5.01 Å². The molecule has 0 saturated carbocycles. The molecule has 2 aromatic rings. The number of rotatable bonds is 3. The maximum atomic E-state index is 12.4. The first-order valence-electron chi connectivity index (χ1n) is 6.74. The van der Waals surface area contributed by atoms with Gasteiger partial charge in [-0.1, -0.05) is 35.5 Å². The molecule has 1 aliphatic rings. The van der Waals surface area contributed by atoms with E-state index >= 15 is 0 Å². The number of benzene rings is 1. The van der Waals surface area contributed by atoms with Crippen molar-refractivity contribution in [2.45, 2.75) is 6.92 Å². The fourth-order valence-electron chi connectivity index (χ4n) is 1.94. The minimum Gasteiger partial charge on any atom is -0.267 e. The van der Waals surface area contributed by atoms with Crippen LogP contribution in [0.2, 0.25) is 0 Å². The van der Waals surface area contributed by atoms with Crippen molar-refractivity contribution in [1.82, 2.24) is 10.4 Å². The van der Waals surface area contributed by atoms with Crippen molar-refractivity contribution in [1.29, 1.82) is 0 Å². The van der Waals surface area contributed by atoms with E-state index in [0.29, 0.717) is 14.8 Å². The number of nitrogens with one attached hydrogen (secondary N) is 1. The van der Waals surface area contributed by atoms with Crippen LogP contribution in [0.1, 0.15) is 20.8 Å². The van der Waals surface area contributed by atoms with Gasteiger partial charge in [-0.3, -0.25) is 15.0 Å². The van der Waals surface area contributed by atoms with Crippen molar-refractivity contribution in [3.05, 3.63) is 62.7 Å². The van der Waals surface area contributed by atoms with E-state index in [9.17, 15) is 9.59 Å². The molecule has 1 aromatic carbocycles. The maximum absolute atomic E-state index is 12.4. The van der Waals surface area contributed by atoms with E-state index in [-0.39, 0.29) is 11.8 Å². The van der Waals surface area contributed by atoms with Gasteiger partial charge in [0.05, 0.1) is 4.91 Å². The molecule has 1 aliphatic heterocycles. The van der Waals surface area contributed by atoms with Crippen molar-refractivity contribution < 1.29 is 9.59 Å². The molecule has 7 heteroatoms. The lowest BCUT2D eigenvalue weighted by atomic mass is 10.1. The first-order chi connectivity index (χ1) is 11.0. The molecule has 0 bridgehead atoms. The Morgan fingerprint density at radius 2 is 2.00 bits per heavy atom. The number of carbonyl (C=O) groups is 2. The minimum atomic E-state index is -0.362. The Balaban J connectivity index is 1.75. The number of hydrazine groups is 1. The normalized spacial score (nSPS) is 16.2. The molecule has 116 valence electrons. The van der Waals surface area contributed by atoms with E-state index in [0.717, 1.165) is 15.4 Å². The summed E-state index contributed by atoms with van der Waals surface area (Å²) in [5.74, 6) is -0.674. The molecule has 0 radical (unpaired) electrons. The Bertz CT molecular complexity index is 795. The maximum Gasteiger partial charge on any atom is 0.285 e. The van der Waals surface area contributed by atoms with Crippen molar-refractivity contribution in [2.75, 3.05) is 0 Å². The topological polar surface area (TPSA) is 49.4 Å². The summed E-state index contributed by atoms with van der Waals surface area (Å²) < 4.78 is 0.318. The van der Waals surface area contributed by atoms with Gasteiger partial charge >= 0.3 is 0 Å². The smallest absolute Gasteiger partial charge is 0.267 e. The Labute approximate surface area is 147 Å². The fraction of sp³-hybridized carbons (Fsp3) is 0.0625. The molecule has 1 fully saturated rings. The molecular weight excluding hydrogens is 348 g/mol. The lowest BCUT2D eigenvalue weighted by Crippen LogP contribution is -2.44. The van der Waals surface area contributed by atoms with Crippen LogP contribution in [0.5, 0.6) is 0 Å². The highest BCUT2D eigenvalue weighted by molar-refractivity contribution is 8.26. The summed E-state index contributed by atoms with van der Waals surface area (Å²) in [5.41, 5.74) is 4.11. The molecular formula is C16H12N2O2S3. The summed E-state index contributed by atoms with van der Waals surface area (Å²) in [6.45, 7) is 1.94. The van der Waals surface area contributed by atoms with Gasteiger partial charge < -0.3 is 0 Å². The van der Waals surface area contributed by atoms with Gasteiger partial charge in [-0.25, -0.2) is 0 Å². The van der Waals surface area contributed by atoms with Gasteiger partial charge in [0.15, 0.2) is 4.32 Å². The number of nitrogens with zero attached hydrogens (tertiary/aromatic N) is 1. The second kappa shape index (κ2) is 6.66. The number of aryl methyl sites for hydroxylation is 1. The average molecular weight is 360 g/mol. The number of thioether (sulfide) groups is 1. The standard InChI is InChI=1S/C16H12N2O2S3/c1-10-4-6-11(7-5-10)14(19)17-18-15(20)13(23-16(18)21)9-12-3-2-8-22-12/h2-9H,1H3,(H,17,19)/b13-9+. The van der Waals surface area contributed by atoms with Crippen molar-refractivity contribution in [3.8, 4) is 0 Å². The molecule has 2 amide bonds. The molecule has 1 saturated heterocycles. The van der Waals surface area contributed by atoms with Crippen LogP contribution in [0.25, 0.3) is 6.08 Å². The zero-order chi connectivity index (χ0) is 16.4. The van der Waals surface area contributed by atoms with Crippen LogP contribution in [0.3, 0.4) is 0 Å². The van der Waals surface area contributed by atoms with E-state index in [4.69, 9.17) is 12.2 Å². The number of thiophene rings is 1. The zero-order valence-electron chi connectivity index (χ0n) is 12.1. The lowest BCUT2D eigenvalue weighted by Gasteiger charge is -2.15. The quantitative estimate of drug-likeness (QED) is 0.671. The highest BCUT2D eigenvalue weighted by Gasteiger charge is 2.33. The predicted molar refractivity (Wildman–Crippen MR) is 98.0 cm³/mol. The number of carbonyl (C=O) groups excluding carboxylic acids is 2. The van der Waals surface area contributed by atoms with Crippen molar-refractivity contribution in [2.24, 2.45) is 0 Å². The van der Waals surface area contributed by atoms with E-state index in [1.165, 1.54) is 23.1 Å². The highest BCUT2D eigenvalue weighted by Crippen LogP contribution is 2.32. The van der Waals surface area contributed by atoms with E-state index in [1.807, 2.05) is 36.6 Å². The SMILES string of the molecule is Cc1ccc(C(=O)NN2C(=O)/C(=C\c3cccs3)SC2=S)cc1. The minimum absolute atomic E-state index is 0.311. The molecule has 0 unspecified atom stereocenters. The summed E-state index contributed by atoms with van der Waals surface area (Å²) in [7, 11) is 0. The van der Waals surface area contributed by atoms with Gasteiger partial charge in [0.25, 0.3) is 11.8 Å². The Hall–Kier alpha value is -1.96. The largest absolute Gasteiger partial charge is 0.285 e. The van der Waals surface area contributed by atoms with Crippen molar-refractivity contribution in [3.63, 3.8) is 0 Å². The molecule has 0 spiro atoms. The lowest BCUT2D eigenvalue weighted by molar-refractivity contribution is -0.123. The molecule has 23 heavy (non-hydrogen) atoms. The van der Waals surface area contributed by atoms with Crippen LogP contribution in [-0.2, 0) is 4.79 Å². The van der Waals surface area contributed by atoms with E-state index in [2.05, 4.69) is 5.43 Å². The summed E-state index contributed by atoms with van der Waals surface area (Å²) in [4.78, 5) is 26.1. The molecule has 1 aromatic heterocycles. The second-order valence-corrected chi connectivity index (χ2v) is 7.49. The third-order valence-electron chi connectivity index (χ3n) is 3.14. The van der Waals surface area contributed by atoms with Gasteiger partial charge in [0, 0.05) is 10.4 Å². The molecule has 3 rings (SSSR count). The van der Waals surface area contributed by atoms with Gasteiger partial charge in [-0.15, -0.1) is 11.3 Å². The van der Waals surface area contributed by atoms with E-state index in [1.54, 1.807) is 18.2 Å². The summed E-state index contributed by atoms with van der Waals surface area (Å²) in [5, 5.41) is 3.06. The number of hydrogen-bond acceptors (Lipinski definition) is 5. The molecule has 4 nitrogen and oxygen atoms in total. The summed E-state index contributed by atoms with van der Waals surface area (Å²) in [6.07, 6.45) is 1.78. The summed E-state index contributed by atoms with van der Waals surface area (Å²) in [6, 6.07) is 10.9. The number of hydrogen-bond donors (Lipinski definition) is 1. The average Bonchev–Trinajstić information content (AvgIpc) is 3.12. The Morgan fingerprint density at radius 1 is 1.26 bits per heavy atom. The molecule has 0 aliphatic carbocycles. The summed E-state index contributed by atoms with van der Waals surface area (Å²) >= 11 is 7.91. The third-order valence-corrected chi connectivity index (χ3v) is 5.26. The molecule has 2 heterocycles. The van der Waals surface area contributed by atoms with Crippen LogP contribution in [-0.4, -0.2) is 21.1 Å². The Morgan fingerprint density at radius 3 is 2.65 bits per heavy atom. The number of thiocarbonyl (C=S) groups is 1. The third kappa shape index (κ3) is 3.52. The predicted octanol–water partition coefficient (Wildman–Crippen LogP) is 3.60. The molecule has 1 N–H and O–H groups in total.